The summed E-state index contributed by atoms with van der Waals surface area (Å²) in [5.74, 6) is 2.31. The fourth-order valence-electron chi connectivity index (χ4n) is 4.23. The lowest BCUT2D eigenvalue weighted by molar-refractivity contribution is 0.0962. The Labute approximate surface area is 206 Å². The molecular formula is C26H22N8O2. The first kappa shape index (κ1) is 21.7. The third-order valence-electron chi connectivity index (χ3n) is 6.37. The predicted molar refractivity (Wildman–Crippen MR) is 132 cm³/mol. The van der Waals surface area contributed by atoms with Crippen LogP contribution in [0.3, 0.4) is 0 Å². The smallest absolute Gasteiger partial charge is 0.271 e. The topological polar surface area (TPSA) is 119 Å². The van der Waals surface area contributed by atoms with Crippen molar-refractivity contribution >= 4 is 17.5 Å². The number of aromatic nitrogens is 6. The Morgan fingerprint density at radius 1 is 0.972 bits per heavy atom. The number of benzene rings is 2. The largest absolute Gasteiger partial charge is 0.497 e. The van der Waals surface area contributed by atoms with E-state index in [4.69, 9.17) is 9.84 Å². The number of carbonyl (C=O) groups is 1. The lowest BCUT2D eigenvalue weighted by Gasteiger charge is -2.14. The van der Waals surface area contributed by atoms with E-state index in [2.05, 4.69) is 43.1 Å². The van der Waals surface area contributed by atoms with Gasteiger partial charge in [-0.25, -0.2) is 9.97 Å². The van der Waals surface area contributed by atoms with Crippen molar-refractivity contribution in [3.8, 4) is 17.0 Å². The third-order valence-corrected chi connectivity index (χ3v) is 6.37. The molecule has 1 saturated carbocycles. The molecule has 6 rings (SSSR count). The molecule has 1 fully saturated rings. The molecule has 2 N–H and O–H groups in total. The molecule has 178 valence electrons. The molecule has 0 saturated heterocycles. The SMILES string of the molecule is COc1ccc(C2(c3nnc4ncc(-c5ccc(C(=O)NNc6ccccn6)cc5)nn34)CC2)cc1. The number of amides is 1. The van der Waals surface area contributed by atoms with Crippen LogP contribution in [0.2, 0.25) is 0 Å². The number of carbonyl (C=O) groups excluding carboxylic acids is 1. The standard InChI is InChI=1S/C26H22N8O2/c1-36-20-11-9-19(10-12-20)26(13-14-26)24-31-32-25-28-16-21(33-34(24)25)17-5-7-18(8-6-17)23(35)30-29-22-4-2-3-15-27-22/h2-12,15-16H,13-14H2,1H3,(H,27,29)(H,30,35). The predicted octanol–water partition coefficient (Wildman–Crippen LogP) is 3.43. The van der Waals surface area contributed by atoms with Gasteiger partial charge in [-0.1, -0.05) is 30.3 Å². The zero-order valence-electron chi connectivity index (χ0n) is 19.4. The molecule has 0 spiro atoms. The Kier molecular flexibility index (Phi) is 5.25. The molecule has 3 aromatic heterocycles. The first-order chi connectivity index (χ1) is 17.7. The van der Waals surface area contributed by atoms with Gasteiger partial charge >= 0.3 is 0 Å². The van der Waals surface area contributed by atoms with E-state index in [9.17, 15) is 4.79 Å². The number of nitrogens with one attached hydrogen (secondary N) is 2. The first-order valence-electron chi connectivity index (χ1n) is 11.5. The molecule has 3 heterocycles. The van der Waals surface area contributed by atoms with Crippen molar-refractivity contribution in [2.45, 2.75) is 18.3 Å². The summed E-state index contributed by atoms with van der Waals surface area (Å²) in [4.78, 5) is 21.1. The summed E-state index contributed by atoms with van der Waals surface area (Å²) < 4.78 is 7.02. The second-order valence-electron chi connectivity index (χ2n) is 8.56. The highest BCUT2D eigenvalue weighted by atomic mass is 16.5. The highest BCUT2D eigenvalue weighted by Crippen LogP contribution is 2.52. The molecule has 0 radical (unpaired) electrons. The van der Waals surface area contributed by atoms with Crippen LogP contribution in [0.25, 0.3) is 17.0 Å². The normalized spacial score (nSPS) is 13.8. The Morgan fingerprint density at radius 3 is 2.47 bits per heavy atom. The minimum Gasteiger partial charge on any atom is -0.497 e. The van der Waals surface area contributed by atoms with Crippen molar-refractivity contribution in [1.82, 2.24) is 35.2 Å². The van der Waals surface area contributed by atoms with Gasteiger partial charge in [-0.2, -0.15) is 9.61 Å². The van der Waals surface area contributed by atoms with Gasteiger partial charge in [-0.05, 0) is 54.8 Å². The van der Waals surface area contributed by atoms with Crippen LogP contribution in [0, 0.1) is 0 Å². The van der Waals surface area contributed by atoms with Gasteiger partial charge in [0.15, 0.2) is 5.82 Å². The summed E-state index contributed by atoms with van der Waals surface area (Å²) in [5, 5.41) is 13.5. The number of hydrogen-bond acceptors (Lipinski definition) is 8. The maximum Gasteiger partial charge on any atom is 0.271 e. The highest BCUT2D eigenvalue weighted by Gasteiger charge is 2.50. The number of ether oxygens (including phenoxy) is 1. The zero-order valence-corrected chi connectivity index (χ0v) is 19.4. The number of fused-ring (bicyclic) bond motifs is 1. The average molecular weight is 479 g/mol. The number of nitrogens with zero attached hydrogens (tertiary/aromatic N) is 6. The van der Waals surface area contributed by atoms with E-state index in [1.54, 1.807) is 48.3 Å². The summed E-state index contributed by atoms with van der Waals surface area (Å²) in [5.41, 5.74) is 8.34. The monoisotopic (exact) mass is 478 g/mol. The van der Waals surface area contributed by atoms with Crippen molar-refractivity contribution in [2.24, 2.45) is 0 Å². The van der Waals surface area contributed by atoms with Gasteiger partial charge in [-0.15, -0.1) is 10.2 Å². The molecule has 0 aliphatic heterocycles. The highest BCUT2D eigenvalue weighted by molar-refractivity contribution is 5.95. The van der Waals surface area contributed by atoms with Crippen LogP contribution in [0.1, 0.15) is 34.6 Å². The fourth-order valence-corrected chi connectivity index (χ4v) is 4.23. The number of methoxy groups -OCH3 is 1. The van der Waals surface area contributed by atoms with Crippen molar-refractivity contribution < 1.29 is 9.53 Å². The quantitative estimate of drug-likeness (QED) is 0.342. The van der Waals surface area contributed by atoms with E-state index < -0.39 is 0 Å². The summed E-state index contributed by atoms with van der Waals surface area (Å²) in [6, 6.07) is 20.6. The van der Waals surface area contributed by atoms with Gasteiger partial charge in [0.1, 0.15) is 17.3 Å². The molecule has 1 aliphatic carbocycles. The van der Waals surface area contributed by atoms with Crippen LogP contribution >= 0.6 is 0 Å². The van der Waals surface area contributed by atoms with E-state index >= 15 is 0 Å². The number of rotatable bonds is 7. The van der Waals surface area contributed by atoms with E-state index in [1.165, 1.54) is 0 Å². The Hall–Kier alpha value is -4.86. The molecular weight excluding hydrogens is 456 g/mol. The molecule has 0 bridgehead atoms. The van der Waals surface area contributed by atoms with Crippen LogP contribution in [0.5, 0.6) is 5.75 Å². The van der Waals surface area contributed by atoms with Crippen molar-refractivity contribution in [3.05, 3.63) is 96.1 Å². The van der Waals surface area contributed by atoms with Crippen LogP contribution in [0.4, 0.5) is 5.82 Å². The van der Waals surface area contributed by atoms with Crippen molar-refractivity contribution in [1.29, 1.82) is 0 Å². The van der Waals surface area contributed by atoms with Crippen molar-refractivity contribution in [3.63, 3.8) is 0 Å². The molecule has 0 atom stereocenters. The van der Waals surface area contributed by atoms with E-state index in [0.717, 1.165) is 35.5 Å². The number of pyridine rings is 1. The van der Waals surface area contributed by atoms with Crippen LogP contribution in [-0.4, -0.2) is 42.8 Å². The lowest BCUT2D eigenvalue weighted by Crippen LogP contribution is -2.29. The molecule has 1 amide bonds. The van der Waals surface area contributed by atoms with Gasteiger partial charge < -0.3 is 4.74 Å². The lowest BCUT2D eigenvalue weighted by atomic mass is 9.95. The molecule has 1 aliphatic rings. The molecule has 36 heavy (non-hydrogen) atoms. The zero-order chi connectivity index (χ0) is 24.5. The maximum atomic E-state index is 12.5. The number of hydrogen-bond donors (Lipinski definition) is 2. The van der Waals surface area contributed by atoms with Crippen molar-refractivity contribution in [2.75, 3.05) is 12.5 Å². The van der Waals surface area contributed by atoms with E-state index in [0.29, 0.717) is 22.9 Å². The third kappa shape index (κ3) is 3.88. The van der Waals surface area contributed by atoms with Gasteiger partial charge in [0, 0.05) is 17.3 Å². The average Bonchev–Trinajstić information content (AvgIpc) is 3.64. The minimum atomic E-state index is -0.273. The Bertz CT molecular complexity index is 1530. The molecule has 5 aromatic rings. The van der Waals surface area contributed by atoms with Gasteiger partial charge in [0.25, 0.3) is 11.7 Å². The first-order valence-corrected chi connectivity index (χ1v) is 11.5. The van der Waals surface area contributed by atoms with Crippen LogP contribution < -0.4 is 15.6 Å². The Morgan fingerprint density at radius 2 is 1.78 bits per heavy atom. The fraction of sp³-hybridized carbons (Fsp3) is 0.154. The molecule has 10 nitrogen and oxygen atoms in total. The van der Waals surface area contributed by atoms with E-state index in [-0.39, 0.29) is 11.3 Å². The summed E-state index contributed by atoms with van der Waals surface area (Å²) in [7, 11) is 1.66. The van der Waals surface area contributed by atoms with Gasteiger partial charge in [0.2, 0.25) is 0 Å². The number of hydrazine groups is 1. The molecule has 0 unspecified atom stereocenters. The van der Waals surface area contributed by atoms with Crippen LogP contribution in [0.15, 0.2) is 79.1 Å². The van der Waals surface area contributed by atoms with Crippen LogP contribution in [-0.2, 0) is 5.41 Å². The minimum absolute atomic E-state index is 0.235. The molecule has 10 heteroatoms. The summed E-state index contributed by atoms with van der Waals surface area (Å²) in [6.07, 6.45) is 5.23. The maximum absolute atomic E-state index is 12.5. The van der Waals surface area contributed by atoms with Gasteiger partial charge in [0.05, 0.1) is 18.7 Å². The summed E-state index contributed by atoms with van der Waals surface area (Å²) >= 11 is 0. The van der Waals surface area contributed by atoms with E-state index in [1.807, 2.05) is 30.3 Å². The second kappa shape index (κ2) is 8.73. The summed E-state index contributed by atoms with van der Waals surface area (Å²) in [6.45, 7) is 0. The molecule has 2 aromatic carbocycles. The number of anilines is 1. The second-order valence-corrected chi connectivity index (χ2v) is 8.56. The van der Waals surface area contributed by atoms with Gasteiger partial charge in [-0.3, -0.25) is 15.6 Å². The Balaban J connectivity index is 1.25.